The molecule has 0 bridgehead atoms. The number of Topliss-reactive ketones (excluding diaryl/α,β-unsaturated/α-hetero) is 1. The van der Waals surface area contributed by atoms with E-state index in [1.54, 1.807) is 41.8 Å². The molecule has 1 amide bonds. The number of hydrogen-bond donors (Lipinski definition) is 1. The molecule has 1 aromatic carbocycles. The number of amides is 1. The summed E-state index contributed by atoms with van der Waals surface area (Å²) in [6, 6.07) is 7.93. The molecule has 0 aliphatic carbocycles. The van der Waals surface area contributed by atoms with Crippen LogP contribution in [0.1, 0.15) is 34.1 Å². The zero-order valence-corrected chi connectivity index (χ0v) is 18.6. The quantitative estimate of drug-likeness (QED) is 0.453. The fourth-order valence-electron chi connectivity index (χ4n) is 4.09. The predicted octanol–water partition coefficient (Wildman–Crippen LogP) is 4.08. The fourth-order valence-corrected chi connectivity index (χ4v) is 4.77. The fraction of sp³-hybridized carbons (Fsp3) is 0.333. The number of thiophene rings is 1. The second-order valence-corrected chi connectivity index (χ2v) is 8.52. The highest BCUT2D eigenvalue weighted by atomic mass is 32.1. The van der Waals surface area contributed by atoms with Crippen molar-refractivity contribution in [3.63, 3.8) is 0 Å². The van der Waals surface area contributed by atoms with Gasteiger partial charge in [0.25, 0.3) is 5.91 Å². The first-order chi connectivity index (χ1) is 15.5. The van der Waals surface area contributed by atoms with E-state index >= 15 is 0 Å². The Kier molecular flexibility index (Phi) is 6.62. The summed E-state index contributed by atoms with van der Waals surface area (Å²) < 4.78 is 16.8. The minimum Gasteiger partial charge on any atom is -0.503 e. The van der Waals surface area contributed by atoms with Crippen LogP contribution in [-0.4, -0.2) is 54.7 Å². The lowest BCUT2D eigenvalue weighted by Gasteiger charge is -2.29. The molecule has 1 fully saturated rings. The Labute approximate surface area is 190 Å². The zero-order valence-electron chi connectivity index (χ0n) is 17.8. The largest absolute Gasteiger partial charge is 0.503 e. The average Bonchev–Trinajstić information content (AvgIpc) is 3.56. The molecule has 2 atom stereocenters. The number of ether oxygens (including phenoxy) is 3. The molecule has 0 radical (unpaired) electrons. The van der Waals surface area contributed by atoms with Gasteiger partial charge in [0.1, 0.15) is 6.61 Å². The summed E-state index contributed by atoms with van der Waals surface area (Å²) in [7, 11) is 1.52. The Balaban J connectivity index is 1.76. The third kappa shape index (κ3) is 4.16. The Morgan fingerprint density at radius 1 is 1.38 bits per heavy atom. The Morgan fingerprint density at radius 2 is 2.22 bits per heavy atom. The van der Waals surface area contributed by atoms with E-state index in [0.717, 1.165) is 12.8 Å². The highest BCUT2D eigenvalue weighted by molar-refractivity contribution is 7.12. The number of rotatable bonds is 9. The van der Waals surface area contributed by atoms with Gasteiger partial charge in [-0.3, -0.25) is 9.59 Å². The first-order valence-electron chi connectivity index (χ1n) is 10.4. The van der Waals surface area contributed by atoms with Crippen molar-refractivity contribution < 1.29 is 28.9 Å². The van der Waals surface area contributed by atoms with Crippen LogP contribution < -0.4 is 9.47 Å². The van der Waals surface area contributed by atoms with Gasteiger partial charge in [-0.1, -0.05) is 24.8 Å². The summed E-state index contributed by atoms with van der Waals surface area (Å²) in [4.78, 5) is 28.4. The average molecular weight is 456 g/mol. The minimum atomic E-state index is -0.761. The lowest BCUT2D eigenvalue weighted by molar-refractivity contribution is -0.131. The lowest BCUT2D eigenvalue weighted by atomic mass is 9.95. The van der Waals surface area contributed by atoms with Crippen LogP contribution in [0.3, 0.4) is 0 Å². The van der Waals surface area contributed by atoms with Crippen molar-refractivity contribution in [2.75, 3.05) is 26.9 Å². The summed E-state index contributed by atoms with van der Waals surface area (Å²) >= 11 is 1.27. The van der Waals surface area contributed by atoms with Crippen LogP contribution >= 0.6 is 11.3 Å². The highest BCUT2D eigenvalue weighted by Gasteiger charge is 2.45. The highest BCUT2D eigenvalue weighted by Crippen LogP contribution is 2.42. The van der Waals surface area contributed by atoms with Crippen LogP contribution in [0.15, 0.2) is 59.7 Å². The van der Waals surface area contributed by atoms with E-state index < -0.39 is 17.7 Å². The van der Waals surface area contributed by atoms with Gasteiger partial charge in [0.05, 0.1) is 29.7 Å². The summed E-state index contributed by atoms with van der Waals surface area (Å²) in [6.07, 6.45) is 3.23. The molecule has 1 aromatic heterocycles. The van der Waals surface area contributed by atoms with Crippen molar-refractivity contribution in [2.45, 2.75) is 25.0 Å². The molecule has 2 unspecified atom stereocenters. The van der Waals surface area contributed by atoms with E-state index in [1.165, 1.54) is 23.3 Å². The van der Waals surface area contributed by atoms with Crippen molar-refractivity contribution in [3.8, 4) is 11.5 Å². The molecule has 0 saturated carbocycles. The molecule has 4 rings (SSSR count). The van der Waals surface area contributed by atoms with Gasteiger partial charge < -0.3 is 24.2 Å². The third-order valence-corrected chi connectivity index (χ3v) is 6.45. The molecule has 2 aromatic rings. The number of carbonyl (C=O) groups is 2. The summed E-state index contributed by atoms with van der Waals surface area (Å²) in [5, 5.41) is 12.6. The van der Waals surface area contributed by atoms with Crippen LogP contribution in [0.2, 0.25) is 0 Å². The first-order valence-corrected chi connectivity index (χ1v) is 11.3. The van der Waals surface area contributed by atoms with Crippen molar-refractivity contribution in [3.05, 3.63) is 70.1 Å². The van der Waals surface area contributed by atoms with Gasteiger partial charge in [0.15, 0.2) is 17.3 Å². The Hall–Kier alpha value is -3.10. The maximum Gasteiger partial charge on any atom is 0.290 e. The van der Waals surface area contributed by atoms with Crippen molar-refractivity contribution in [1.82, 2.24) is 4.90 Å². The van der Waals surface area contributed by atoms with E-state index in [-0.39, 0.29) is 24.0 Å². The van der Waals surface area contributed by atoms with E-state index in [1.807, 2.05) is 0 Å². The summed E-state index contributed by atoms with van der Waals surface area (Å²) in [5.74, 6) is -0.473. The van der Waals surface area contributed by atoms with Gasteiger partial charge >= 0.3 is 0 Å². The monoisotopic (exact) mass is 455 g/mol. The van der Waals surface area contributed by atoms with E-state index in [2.05, 4.69) is 6.58 Å². The standard InChI is InChI=1S/C24H25NO6S/c1-3-10-31-17-9-8-15(13-18(17)29-2)21-20(22(26)19-7-5-12-32-19)23(27)24(28)25(21)14-16-6-4-11-30-16/h3,5,7-9,12-13,16,21,27H,1,4,6,10-11,14H2,2H3. The maximum atomic E-state index is 13.3. The summed E-state index contributed by atoms with van der Waals surface area (Å²) in [5.41, 5.74) is 0.709. The van der Waals surface area contributed by atoms with Crippen LogP contribution in [-0.2, 0) is 9.53 Å². The van der Waals surface area contributed by atoms with Crippen LogP contribution in [0.4, 0.5) is 0 Å². The molecule has 8 heteroatoms. The summed E-state index contributed by atoms with van der Waals surface area (Å²) in [6.45, 7) is 4.88. The topological polar surface area (TPSA) is 85.3 Å². The molecule has 7 nitrogen and oxygen atoms in total. The second-order valence-electron chi connectivity index (χ2n) is 7.57. The first kappa shape index (κ1) is 22.1. The molecule has 3 heterocycles. The van der Waals surface area contributed by atoms with Gasteiger partial charge in [0, 0.05) is 13.2 Å². The van der Waals surface area contributed by atoms with Crippen LogP contribution in [0, 0.1) is 0 Å². The number of nitrogens with zero attached hydrogens (tertiary/aromatic N) is 1. The maximum absolute atomic E-state index is 13.3. The molecule has 1 saturated heterocycles. The number of benzene rings is 1. The number of carbonyl (C=O) groups excluding carboxylic acids is 2. The molecule has 2 aliphatic rings. The number of aliphatic hydroxyl groups is 1. The number of ketones is 1. The molecule has 1 N–H and O–H groups in total. The van der Waals surface area contributed by atoms with Gasteiger partial charge in [-0.25, -0.2) is 0 Å². The lowest BCUT2D eigenvalue weighted by Crippen LogP contribution is -2.37. The zero-order chi connectivity index (χ0) is 22.7. The van der Waals surface area contributed by atoms with Gasteiger partial charge in [-0.05, 0) is 42.0 Å². The predicted molar refractivity (Wildman–Crippen MR) is 120 cm³/mol. The third-order valence-electron chi connectivity index (χ3n) is 5.58. The minimum absolute atomic E-state index is 0.0669. The van der Waals surface area contributed by atoms with Gasteiger partial charge in [-0.15, -0.1) is 11.3 Å². The van der Waals surface area contributed by atoms with E-state index in [0.29, 0.717) is 35.2 Å². The normalized spacial score (nSPS) is 20.7. The Morgan fingerprint density at radius 3 is 2.88 bits per heavy atom. The number of hydrogen-bond acceptors (Lipinski definition) is 7. The smallest absolute Gasteiger partial charge is 0.290 e. The van der Waals surface area contributed by atoms with Gasteiger partial charge in [0.2, 0.25) is 5.78 Å². The number of methoxy groups -OCH3 is 1. The van der Waals surface area contributed by atoms with Crippen molar-refractivity contribution in [2.24, 2.45) is 0 Å². The van der Waals surface area contributed by atoms with Crippen LogP contribution in [0.25, 0.3) is 0 Å². The van der Waals surface area contributed by atoms with Crippen molar-refractivity contribution >= 4 is 23.0 Å². The number of aliphatic hydroxyl groups excluding tert-OH is 1. The van der Waals surface area contributed by atoms with E-state index in [4.69, 9.17) is 14.2 Å². The molecular weight excluding hydrogens is 430 g/mol. The molecular formula is C24H25NO6S. The van der Waals surface area contributed by atoms with Gasteiger partial charge in [-0.2, -0.15) is 0 Å². The second kappa shape index (κ2) is 9.58. The molecule has 32 heavy (non-hydrogen) atoms. The van der Waals surface area contributed by atoms with Crippen molar-refractivity contribution in [1.29, 1.82) is 0 Å². The molecule has 0 spiro atoms. The Bertz CT molecular complexity index is 1040. The van der Waals surface area contributed by atoms with E-state index in [9.17, 15) is 14.7 Å². The molecule has 168 valence electrons. The van der Waals surface area contributed by atoms with Crippen LogP contribution in [0.5, 0.6) is 11.5 Å². The molecule has 2 aliphatic heterocycles. The SMILES string of the molecule is C=CCOc1ccc(C2C(C(=O)c3cccs3)=C(O)C(=O)N2CC2CCCO2)cc1OC.